The summed E-state index contributed by atoms with van der Waals surface area (Å²) in [6.07, 6.45) is 8.76. The molecule has 5 heteroatoms. The summed E-state index contributed by atoms with van der Waals surface area (Å²) in [7, 11) is 4.19. The van der Waals surface area contributed by atoms with Gasteiger partial charge in [0.05, 0.1) is 6.61 Å². The maximum absolute atomic E-state index is 9.62. The van der Waals surface area contributed by atoms with E-state index in [1.807, 2.05) is 0 Å². The van der Waals surface area contributed by atoms with Gasteiger partial charge in [-0.1, -0.05) is 31.4 Å². The Bertz CT molecular complexity index is 589. The molecule has 164 valence electrons. The lowest BCUT2D eigenvalue weighted by Crippen LogP contribution is -2.56. The van der Waals surface area contributed by atoms with Crippen molar-refractivity contribution in [2.45, 2.75) is 63.6 Å². The van der Waals surface area contributed by atoms with Crippen LogP contribution in [0.25, 0.3) is 0 Å². The summed E-state index contributed by atoms with van der Waals surface area (Å²) in [5.41, 5.74) is 1.32. The molecule has 1 heterocycles. The molecule has 0 amide bonds. The molecule has 2 fully saturated rings. The summed E-state index contributed by atoms with van der Waals surface area (Å²) < 4.78 is 5.96. The number of aliphatic hydroxyl groups excluding tert-OH is 1. The minimum absolute atomic E-state index is 0.290. The molecule has 2 aliphatic rings. The first-order chi connectivity index (χ1) is 14.2. The second-order valence-electron chi connectivity index (χ2n) is 9.08. The molecule has 1 atom stereocenters. The molecule has 1 N–H and O–H groups in total. The van der Waals surface area contributed by atoms with Crippen molar-refractivity contribution < 1.29 is 9.84 Å². The van der Waals surface area contributed by atoms with Gasteiger partial charge in [-0.2, -0.15) is 0 Å². The molecular formula is C24H41N3O2. The zero-order valence-electron chi connectivity index (χ0n) is 18.6. The van der Waals surface area contributed by atoms with Gasteiger partial charge in [-0.05, 0) is 57.5 Å². The van der Waals surface area contributed by atoms with Crippen molar-refractivity contribution in [1.29, 1.82) is 0 Å². The van der Waals surface area contributed by atoms with Gasteiger partial charge in [-0.3, -0.25) is 9.80 Å². The fraction of sp³-hybridized carbons (Fsp3) is 0.750. The van der Waals surface area contributed by atoms with E-state index in [1.165, 1.54) is 37.7 Å². The van der Waals surface area contributed by atoms with Crippen LogP contribution in [-0.4, -0.2) is 85.4 Å². The van der Waals surface area contributed by atoms with Crippen LogP contribution in [0.5, 0.6) is 5.75 Å². The van der Waals surface area contributed by atoms with Crippen molar-refractivity contribution in [1.82, 2.24) is 14.7 Å². The Morgan fingerprint density at radius 3 is 2.72 bits per heavy atom. The van der Waals surface area contributed by atoms with Crippen LogP contribution in [0.3, 0.4) is 0 Å². The monoisotopic (exact) mass is 403 g/mol. The van der Waals surface area contributed by atoms with Crippen molar-refractivity contribution in [2.24, 2.45) is 0 Å². The van der Waals surface area contributed by atoms with E-state index in [1.54, 1.807) is 0 Å². The van der Waals surface area contributed by atoms with E-state index in [-0.39, 0.29) is 6.61 Å². The fourth-order valence-corrected chi connectivity index (χ4v) is 4.94. The SMILES string of the molecule is CN(C)CCCOc1cccc(CN2CCN(C3CCCCC3)C(CCO)C2)c1. The molecule has 1 saturated carbocycles. The highest BCUT2D eigenvalue weighted by Crippen LogP contribution is 2.27. The van der Waals surface area contributed by atoms with Crippen molar-refractivity contribution >= 4 is 0 Å². The predicted octanol–water partition coefficient (Wildman–Crippen LogP) is 3.22. The highest BCUT2D eigenvalue weighted by Gasteiger charge is 2.32. The van der Waals surface area contributed by atoms with Gasteiger partial charge in [0.1, 0.15) is 5.75 Å². The summed E-state index contributed by atoms with van der Waals surface area (Å²) in [5, 5.41) is 9.62. The van der Waals surface area contributed by atoms with Crippen molar-refractivity contribution in [3.63, 3.8) is 0 Å². The second-order valence-corrected chi connectivity index (χ2v) is 9.08. The largest absolute Gasteiger partial charge is 0.494 e. The summed E-state index contributed by atoms with van der Waals surface area (Å²) in [6, 6.07) is 9.81. The van der Waals surface area contributed by atoms with E-state index in [4.69, 9.17) is 4.74 Å². The molecule has 29 heavy (non-hydrogen) atoms. The molecule has 0 aromatic heterocycles. The molecule has 1 unspecified atom stereocenters. The number of piperazine rings is 1. The van der Waals surface area contributed by atoms with E-state index >= 15 is 0 Å². The smallest absolute Gasteiger partial charge is 0.119 e. The topological polar surface area (TPSA) is 39.2 Å². The summed E-state index contributed by atoms with van der Waals surface area (Å²) in [4.78, 5) is 7.47. The first-order valence-corrected chi connectivity index (χ1v) is 11.6. The molecule has 1 aliphatic heterocycles. The van der Waals surface area contributed by atoms with E-state index in [9.17, 15) is 5.11 Å². The van der Waals surface area contributed by atoms with Crippen molar-refractivity contribution in [3.8, 4) is 5.75 Å². The lowest BCUT2D eigenvalue weighted by Gasteiger charge is -2.46. The lowest BCUT2D eigenvalue weighted by molar-refractivity contribution is 0.0136. The second kappa shape index (κ2) is 11.9. The molecule has 5 nitrogen and oxygen atoms in total. The molecule has 1 aromatic rings. The van der Waals surface area contributed by atoms with Gasteiger partial charge in [0.15, 0.2) is 0 Å². The first-order valence-electron chi connectivity index (χ1n) is 11.6. The van der Waals surface area contributed by atoms with Crippen LogP contribution < -0.4 is 4.74 Å². The Morgan fingerprint density at radius 1 is 1.14 bits per heavy atom. The van der Waals surface area contributed by atoms with Crippen molar-refractivity contribution in [2.75, 3.05) is 53.5 Å². The minimum Gasteiger partial charge on any atom is -0.494 e. The molecule has 0 radical (unpaired) electrons. The third kappa shape index (κ3) is 7.25. The van der Waals surface area contributed by atoms with E-state index in [0.29, 0.717) is 6.04 Å². The molecule has 1 aromatic carbocycles. The van der Waals surface area contributed by atoms with Gasteiger partial charge < -0.3 is 14.7 Å². The Morgan fingerprint density at radius 2 is 1.97 bits per heavy atom. The quantitative estimate of drug-likeness (QED) is 0.608. The van der Waals surface area contributed by atoms with E-state index in [0.717, 1.165) is 64.0 Å². The van der Waals surface area contributed by atoms with Crippen LogP contribution in [0.1, 0.15) is 50.5 Å². The molecule has 1 saturated heterocycles. The van der Waals surface area contributed by atoms with Gasteiger partial charge in [0.2, 0.25) is 0 Å². The number of benzene rings is 1. The Balaban J connectivity index is 1.51. The number of hydrogen-bond acceptors (Lipinski definition) is 5. The molecule has 3 rings (SSSR count). The number of aliphatic hydroxyl groups is 1. The maximum atomic E-state index is 9.62. The highest BCUT2D eigenvalue weighted by molar-refractivity contribution is 5.28. The highest BCUT2D eigenvalue weighted by atomic mass is 16.5. The van der Waals surface area contributed by atoms with Gasteiger partial charge in [0.25, 0.3) is 0 Å². The summed E-state index contributed by atoms with van der Waals surface area (Å²) >= 11 is 0. The van der Waals surface area contributed by atoms with Crippen LogP contribution in [-0.2, 0) is 6.54 Å². The van der Waals surface area contributed by atoms with Gasteiger partial charge in [-0.15, -0.1) is 0 Å². The Hall–Kier alpha value is -1.14. The molecule has 0 spiro atoms. The number of nitrogens with zero attached hydrogens (tertiary/aromatic N) is 3. The fourth-order valence-electron chi connectivity index (χ4n) is 4.94. The molecular weight excluding hydrogens is 362 g/mol. The van der Waals surface area contributed by atoms with E-state index in [2.05, 4.69) is 53.1 Å². The summed E-state index contributed by atoms with van der Waals surface area (Å²) in [6.45, 7) is 6.39. The number of rotatable bonds is 10. The summed E-state index contributed by atoms with van der Waals surface area (Å²) in [5.74, 6) is 0.981. The van der Waals surface area contributed by atoms with Crippen LogP contribution in [0, 0.1) is 0 Å². The molecule has 0 bridgehead atoms. The zero-order valence-corrected chi connectivity index (χ0v) is 18.6. The number of hydrogen-bond donors (Lipinski definition) is 1. The van der Waals surface area contributed by atoms with Gasteiger partial charge in [0, 0.05) is 51.4 Å². The third-order valence-corrected chi connectivity index (χ3v) is 6.44. The Labute approximate surface area is 177 Å². The zero-order chi connectivity index (χ0) is 20.5. The normalized spacial score (nSPS) is 22.3. The standard InChI is InChI=1S/C24H41N3O2/c1-25(2)13-7-17-29-24-11-6-8-21(18-24)19-26-14-15-27(23(20-26)12-16-28)22-9-4-3-5-10-22/h6,8,11,18,22-23,28H,3-5,7,9-10,12-17,19-20H2,1-2H3. The lowest BCUT2D eigenvalue weighted by atomic mass is 9.91. The average Bonchev–Trinajstić information content (AvgIpc) is 2.73. The van der Waals surface area contributed by atoms with Crippen LogP contribution in [0.4, 0.5) is 0 Å². The van der Waals surface area contributed by atoms with Gasteiger partial charge >= 0.3 is 0 Å². The minimum atomic E-state index is 0.290. The maximum Gasteiger partial charge on any atom is 0.119 e. The van der Waals surface area contributed by atoms with Crippen molar-refractivity contribution in [3.05, 3.63) is 29.8 Å². The Kier molecular flexibility index (Phi) is 9.25. The van der Waals surface area contributed by atoms with Crippen LogP contribution in [0.15, 0.2) is 24.3 Å². The predicted molar refractivity (Wildman–Crippen MR) is 119 cm³/mol. The third-order valence-electron chi connectivity index (χ3n) is 6.44. The first kappa shape index (κ1) is 22.5. The van der Waals surface area contributed by atoms with E-state index < -0.39 is 0 Å². The average molecular weight is 404 g/mol. The van der Waals surface area contributed by atoms with Crippen LogP contribution >= 0.6 is 0 Å². The number of ether oxygens (including phenoxy) is 1. The molecule has 1 aliphatic carbocycles. The van der Waals surface area contributed by atoms with Crippen LogP contribution in [0.2, 0.25) is 0 Å². The van der Waals surface area contributed by atoms with Gasteiger partial charge in [-0.25, -0.2) is 0 Å².